The minimum Gasteiger partial charge on any atom is -0.384 e. The molecular weight excluding hydrogens is 350 g/mol. The molecule has 0 aliphatic carbocycles. The lowest BCUT2D eigenvalue weighted by Gasteiger charge is -2.36. The first-order chi connectivity index (χ1) is 13.1. The molecule has 0 saturated carbocycles. The van der Waals surface area contributed by atoms with Crippen LogP contribution in [0.5, 0.6) is 0 Å². The second kappa shape index (κ2) is 9.27. The van der Waals surface area contributed by atoms with Crippen molar-refractivity contribution in [3.8, 4) is 0 Å². The highest BCUT2D eigenvalue weighted by molar-refractivity contribution is 5.79. The normalized spacial score (nSPS) is 22.1. The number of amides is 2. The first kappa shape index (κ1) is 19.8. The summed E-state index contributed by atoms with van der Waals surface area (Å²) < 4.78 is 10.5. The van der Waals surface area contributed by atoms with Crippen molar-refractivity contribution in [1.29, 1.82) is 0 Å². The smallest absolute Gasteiger partial charge is 0.231 e. The number of piperidine rings is 2. The zero-order chi connectivity index (χ0) is 19.2. The van der Waals surface area contributed by atoms with Crippen LogP contribution >= 0.6 is 0 Å². The number of carbonyl (C=O) groups is 2. The van der Waals surface area contributed by atoms with Crippen molar-refractivity contribution in [1.82, 2.24) is 19.9 Å². The lowest BCUT2D eigenvalue weighted by molar-refractivity contribution is -0.138. The molecule has 1 aromatic heterocycles. The topological polar surface area (TPSA) is 115 Å². The standard InChI is InChI=1S/C18H29N5O4/c1-26-10-6-16-20-17(27-21-16)14-3-2-7-23(11-14)18(25)13-4-8-22(9-5-13)12-15(19)24/h13-14H,2-12H2,1H3,(H2,19,24)/t14-/m1/s1. The highest BCUT2D eigenvalue weighted by atomic mass is 16.5. The van der Waals surface area contributed by atoms with Gasteiger partial charge in [-0.3, -0.25) is 14.5 Å². The van der Waals surface area contributed by atoms with E-state index in [0.717, 1.165) is 45.3 Å². The first-order valence-corrected chi connectivity index (χ1v) is 9.67. The Hall–Kier alpha value is -2.00. The third-order valence-electron chi connectivity index (χ3n) is 5.41. The molecule has 2 aliphatic rings. The Morgan fingerprint density at radius 1 is 1.26 bits per heavy atom. The molecule has 0 aromatic carbocycles. The zero-order valence-corrected chi connectivity index (χ0v) is 15.9. The van der Waals surface area contributed by atoms with E-state index in [1.165, 1.54) is 0 Å². The molecule has 2 N–H and O–H groups in total. The lowest BCUT2D eigenvalue weighted by Crippen LogP contribution is -2.47. The number of aromatic nitrogens is 2. The summed E-state index contributed by atoms with van der Waals surface area (Å²) in [4.78, 5) is 32.4. The predicted octanol–water partition coefficient (Wildman–Crippen LogP) is 0.162. The second-order valence-corrected chi connectivity index (χ2v) is 7.43. The van der Waals surface area contributed by atoms with Crippen molar-refractivity contribution in [3.63, 3.8) is 0 Å². The number of hydrogen-bond donors (Lipinski definition) is 1. The van der Waals surface area contributed by atoms with Crippen LogP contribution in [0.4, 0.5) is 0 Å². The van der Waals surface area contributed by atoms with E-state index >= 15 is 0 Å². The quantitative estimate of drug-likeness (QED) is 0.718. The summed E-state index contributed by atoms with van der Waals surface area (Å²) in [7, 11) is 1.64. The van der Waals surface area contributed by atoms with Crippen LogP contribution in [0.1, 0.15) is 43.3 Å². The van der Waals surface area contributed by atoms with E-state index in [1.54, 1.807) is 7.11 Å². The fourth-order valence-corrected chi connectivity index (χ4v) is 3.92. The summed E-state index contributed by atoms with van der Waals surface area (Å²) in [5, 5.41) is 4.01. The molecule has 1 atom stereocenters. The van der Waals surface area contributed by atoms with Crippen molar-refractivity contribution >= 4 is 11.8 Å². The van der Waals surface area contributed by atoms with Gasteiger partial charge >= 0.3 is 0 Å². The third kappa shape index (κ3) is 5.26. The molecule has 150 valence electrons. The lowest BCUT2D eigenvalue weighted by atomic mass is 9.92. The molecule has 0 radical (unpaired) electrons. The Balaban J connectivity index is 1.52. The van der Waals surface area contributed by atoms with Crippen molar-refractivity contribution in [2.75, 3.05) is 46.4 Å². The van der Waals surface area contributed by atoms with E-state index in [1.807, 2.05) is 9.80 Å². The molecule has 0 unspecified atom stereocenters. The maximum absolute atomic E-state index is 12.9. The van der Waals surface area contributed by atoms with Crippen LogP contribution in [0.15, 0.2) is 4.52 Å². The van der Waals surface area contributed by atoms with E-state index < -0.39 is 0 Å². The van der Waals surface area contributed by atoms with E-state index in [9.17, 15) is 9.59 Å². The highest BCUT2D eigenvalue weighted by Crippen LogP contribution is 2.28. The Morgan fingerprint density at radius 3 is 2.74 bits per heavy atom. The van der Waals surface area contributed by atoms with E-state index in [-0.39, 0.29) is 30.2 Å². The molecule has 2 aliphatic heterocycles. The zero-order valence-electron chi connectivity index (χ0n) is 15.9. The molecule has 27 heavy (non-hydrogen) atoms. The average molecular weight is 379 g/mol. The van der Waals surface area contributed by atoms with Gasteiger partial charge in [0, 0.05) is 32.5 Å². The number of likely N-dealkylation sites (tertiary alicyclic amines) is 2. The van der Waals surface area contributed by atoms with Gasteiger partial charge in [0.15, 0.2) is 5.82 Å². The minimum atomic E-state index is -0.317. The van der Waals surface area contributed by atoms with Crippen molar-refractivity contribution in [3.05, 3.63) is 11.7 Å². The van der Waals surface area contributed by atoms with Crippen LogP contribution in [0, 0.1) is 5.92 Å². The number of nitrogens with two attached hydrogens (primary N) is 1. The van der Waals surface area contributed by atoms with Crippen LogP contribution in [-0.4, -0.2) is 78.2 Å². The molecule has 2 amide bonds. The Kier molecular flexibility index (Phi) is 6.78. The van der Waals surface area contributed by atoms with Crippen LogP contribution in [0.25, 0.3) is 0 Å². The van der Waals surface area contributed by atoms with Crippen LogP contribution in [-0.2, 0) is 20.7 Å². The van der Waals surface area contributed by atoms with E-state index in [2.05, 4.69) is 10.1 Å². The number of nitrogens with zero attached hydrogens (tertiary/aromatic N) is 4. The third-order valence-corrected chi connectivity index (χ3v) is 5.41. The molecule has 9 heteroatoms. The van der Waals surface area contributed by atoms with Crippen molar-refractivity contribution < 1.29 is 18.8 Å². The summed E-state index contributed by atoms with van der Waals surface area (Å²) >= 11 is 0. The maximum atomic E-state index is 12.9. The van der Waals surface area contributed by atoms with Gasteiger partial charge < -0.3 is 19.9 Å². The molecule has 9 nitrogen and oxygen atoms in total. The average Bonchev–Trinajstić information content (AvgIpc) is 3.15. The van der Waals surface area contributed by atoms with Crippen molar-refractivity contribution in [2.24, 2.45) is 11.7 Å². The molecule has 2 saturated heterocycles. The minimum absolute atomic E-state index is 0.0211. The number of ether oxygens (including phenoxy) is 1. The summed E-state index contributed by atoms with van der Waals surface area (Å²) in [6.07, 6.45) is 4.06. The summed E-state index contributed by atoms with van der Waals surface area (Å²) in [5.41, 5.74) is 5.25. The number of rotatable bonds is 7. The Morgan fingerprint density at radius 2 is 2.04 bits per heavy atom. The predicted molar refractivity (Wildman–Crippen MR) is 96.8 cm³/mol. The molecule has 3 rings (SSSR count). The van der Waals surface area contributed by atoms with Gasteiger partial charge in [0.2, 0.25) is 17.7 Å². The van der Waals surface area contributed by atoms with Crippen LogP contribution < -0.4 is 5.73 Å². The number of methoxy groups -OCH3 is 1. The molecule has 0 bridgehead atoms. The molecule has 1 aromatic rings. The number of carbonyl (C=O) groups excluding carboxylic acids is 2. The summed E-state index contributed by atoms with van der Waals surface area (Å²) in [6.45, 7) is 3.72. The SMILES string of the molecule is COCCc1noc([C@@H]2CCCN(C(=O)C3CCN(CC(N)=O)CC3)C2)n1. The molecular formula is C18H29N5O4. The fourth-order valence-electron chi connectivity index (χ4n) is 3.92. The van der Waals surface area contributed by atoms with Crippen molar-refractivity contribution in [2.45, 2.75) is 38.0 Å². The summed E-state index contributed by atoms with van der Waals surface area (Å²) in [5.74, 6) is 1.28. The second-order valence-electron chi connectivity index (χ2n) is 7.43. The van der Waals surface area contributed by atoms with Crippen LogP contribution in [0.3, 0.4) is 0 Å². The fraction of sp³-hybridized carbons (Fsp3) is 0.778. The van der Waals surface area contributed by atoms with Gasteiger partial charge in [-0.15, -0.1) is 0 Å². The summed E-state index contributed by atoms with van der Waals surface area (Å²) in [6, 6.07) is 0. The van der Waals surface area contributed by atoms with Gasteiger partial charge in [-0.05, 0) is 38.8 Å². The van der Waals surface area contributed by atoms with Gasteiger partial charge in [-0.25, -0.2) is 0 Å². The Labute approximate surface area is 159 Å². The molecule has 3 heterocycles. The van der Waals surface area contributed by atoms with Gasteiger partial charge in [0.05, 0.1) is 19.1 Å². The first-order valence-electron chi connectivity index (χ1n) is 9.67. The maximum Gasteiger partial charge on any atom is 0.231 e. The monoisotopic (exact) mass is 379 g/mol. The largest absolute Gasteiger partial charge is 0.384 e. The molecule has 0 spiro atoms. The van der Waals surface area contributed by atoms with Crippen LogP contribution in [0.2, 0.25) is 0 Å². The Bertz CT molecular complexity index is 641. The van der Waals surface area contributed by atoms with E-state index in [4.69, 9.17) is 15.0 Å². The van der Waals surface area contributed by atoms with Gasteiger partial charge in [0.25, 0.3) is 0 Å². The highest BCUT2D eigenvalue weighted by Gasteiger charge is 2.33. The van der Waals surface area contributed by atoms with Gasteiger partial charge in [0.1, 0.15) is 0 Å². The molecule has 2 fully saturated rings. The number of hydrogen-bond acceptors (Lipinski definition) is 7. The van der Waals surface area contributed by atoms with E-state index in [0.29, 0.717) is 31.3 Å². The number of primary amides is 1. The van der Waals surface area contributed by atoms with Gasteiger partial charge in [-0.1, -0.05) is 5.16 Å². The van der Waals surface area contributed by atoms with Gasteiger partial charge in [-0.2, -0.15) is 4.98 Å².